The van der Waals surface area contributed by atoms with E-state index in [1.54, 1.807) is 36.4 Å². The molecule has 6 nitrogen and oxygen atoms in total. The zero-order valence-corrected chi connectivity index (χ0v) is 15.9. The predicted octanol–water partition coefficient (Wildman–Crippen LogP) is 2.76. The maximum absolute atomic E-state index is 13.1. The van der Waals surface area contributed by atoms with Gasteiger partial charge in [0.2, 0.25) is 5.91 Å². The molecule has 28 heavy (non-hydrogen) atoms. The molecule has 1 amide bonds. The highest BCUT2D eigenvalue weighted by Crippen LogP contribution is 2.18. The van der Waals surface area contributed by atoms with E-state index in [9.17, 15) is 14.0 Å². The van der Waals surface area contributed by atoms with Crippen LogP contribution in [0.1, 0.15) is 16.8 Å². The number of amides is 1. The third-order valence-electron chi connectivity index (χ3n) is 4.75. The second-order valence-electron chi connectivity index (χ2n) is 6.68. The van der Waals surface area contributed by atoms with Gasteiger partial charge in [0.1, 0.15) is 5.82 Å². The Balaban J connectivity index is 1.57. The van der Waals surface area contributed by atoms with Crippen LogP contribution in [0.3, 0.4) is 0 Å². The van der Waals surface area contributed by atoms with Crippen LogP contribution >= 0.6 is 0 Å². The summed E-state index contributed by atoms with van der Waals surface area (Å²) in [6.45, 7) is 3.38. The van der Waals surface area contributed by atoms with Gasteiger partial charge in [-0.15, -0.1) is 0 Å². The Morgan fingerprint density at radius 1 is 1.04 bits per heavy atom. The van der Waals surface area contributed by atoms with Crippen molar-refractivity contribution in [3.63, 3.8) is 0 Å². The molecule has 0 radical (unpaired) electrons. The van der Waals surface area contributed by atoms with Crippen LogP contribution in [-0.4, -0.2) is 56.6 Å². The van der Waals surface area contributed by atoms with Crippen molar-refractivity contribution < 1.29 is 18.7 Å². The minimum Gasteiger partial charge on any atom is -0.465 e. The maximum Gasteiger partial charge on any atom is 0.339 e. The molecule has 0 bridgehead atoms. The Bertz CT molecular complexity index is 826. The lowest BCUT2D eigenvalue weighted by atomic mass is 10.2. The van der Waals surface area contributed by atoms with E-state index in [1.807, 2.05) is 0 Å². The van der Waals surface area contributed by atoms with Gasteiger partial charge in [-0.1, -0.05) is 12.1 Å². The number of methoxy groups -OCH3 is 1. The fourth-order valence-electron chi connectivity index (χ4n) is 3.31. The fraction of sp³-hybridized carbons (Fsp3) is 0.333. The van der Waals surface area contributed by atoms with Gasteiger partial charge in [-0.25, -0.2) is 9.18 Å². The van der Waals surface area contributed by atoms with E-state index in [0.29, 0.717) is 11.3 Å². The number of hydrogen-bond donors (Lipinski definition) is 1. The van der Waals surface area contributed by atoms with Crippen molar-refractivity contribution in [2.24, 2.45) is 0 Å². The number of carbonyl (C=O) groups is 2. The topological polar surface area (TPSA) is 61.9 Å². The molecule has 1 aliphatic heterocycles. The third kappa shape index (κ3) is 5.07. The summed E-state index contributed by atoms with van der Waals surface area (Å²) in [7, 11) is 1.31. The zero-order valence-electron chi connectivity index (χ0n) is 15.9. The Morgan fingerprint density at radius 3 is 2.54 bits per heavy atom. The molecule has 7 heteroatoms. The maximum atomic E-state index is 13.1. The van der Waals surface area contributed by atoms with Crippen molar-refractivity contribution in [2.75, 3.05) is 50.1 Å². The predicted molar refractivity (Wildman–Crippen MR) is 106 cm³/mol. The summed E-state index contributed by atoms with van der Waals surface area (Å²) in [6, 6.07) is 13.3. The Hall–Kier alpha value is -2.93. The molecule has 1 fully saturated rings. The number of esters is 1. The van der Waals surface area contributed by atoms with E-state index >= 15 is 0 Å². The number of hydrogen-bond acceptors (Lipinski definition) is 5. The van der Waals surface area contributed by atoms with Gasteiger partial charge in [0.25, 0.3) is 0 Å². The second kappa shape index (κ2) is 9.32. The van der Waals surface area contributed by atoms with E-state index in [-0.39, 0.29) is 18.3 Å². The summed E-state index contributed by atoms with van der Waals surface area (Å²) in [4.78, 5) is 28.6. The highest BCUT2D eigenvalue weighted by Gasteiger charge is 2.19. The molecule has 148 valence electrons. The van der Waals surface area contributed by atoms with Crippen molar-refractivity contribution in [3.8, 4) is 0 Å². The fourth-order valence-corrected chi connectivity index (χ4v) is 3.31. The lowest BCUT2D eigenvalue weighted by molar-refractivity contribution is -0.117. The normalized spacial score (nSPS) is 15.0. The van der Waals surface area contributed by atoms with Crippen molar-refractivity contribution >= 4 is 23.3 Å². The first-order chi connectivity index (χ1) is 13.6. The quantitative estimate of drug-likeness (QED) is 0.802. The molecule has 0 aliphatic carbocycles. The summed E-state index contributed by atoms with van der Waals surface area (Å²) in [5, 5.41) is 2.81. The third-order valence-corrected chi connectivity index (χ3v) is 4.75. The molecule has 3 rings (SSSR count). The van der Waals surface area contributed by atoms with Gasteiger partial charge in [0, 0.05) is 31.9 Å². The Morgan fingerprint density at radius 2 is 1.79 bits per heavy atom. The SMILES string of the molecule is COC(=O)c1ccccc1NC(=O)CN1CCCN(c2ccc(F)cc2)CC1. The van der Waals surface area contributed by atoms with Crippen LogP contribution in [0.4, 0.5) is 15.8 Å². The van der Waals surface area contributed by atoms with E-state index in [1.165, 1.54) is 19.2 Å². The molecule has 1 aliphatic rings. The van der Waals surface area contributed by atoms with Crippen LogP contribution in [0.5, 0.6) is 0 Å². The number of anilines is 2. The lowest BCUT2D eigenvalue weighted by Crippen LogP contribution is -2.36. The first-order valence-corrected chi connectivity index (χ1v) is 9.27. The first-order valence-electron chi connectivity index (χ1n) is 9.27. The molecule has 0 atom stereocenters. The lowest BCUT2D eigenvalue weighted by Gasteiger charge is -2.23. The summed E-state index contributed by atoms with van der Waals surface area (Å²) >= 11 is 0. The molecule has 2 aromatic carbocycles. The van der Waals surface area contributed by atoms with Crippen LogP contribution in [0, 0.1) is 5.82 Å². The molecular formula is C21H24FN3O3. The van der Waals surface area contributed by atoms with Gasteiger partial charge < -0.3 is 15.0 Å². The second-order valence-corrected chi connectivity index (χ2v) is 6.68. The van der Waals surface area contributed by atoms with Crippen molar-refractivity contribution in [3.05, 3.63) is 59.9 Å². The average Bonchev–Trinajstić information content (AvgIpc) is 2.94. The molecule has 1 N–H and O–H groups in total. The van der Waals surface area contributed by atoms with Gasteiger partial charge >= 0.3 is 5.97 Å². The molecule has 0 aromatic heterocycles. The van der Waals surface area contributed by atoms with E-state index < -0.39 is 5.97 Å². The Kier molecular flexibility index (Phi) is 6.60. The number of nitrogens with zero attached hydrogens (tertiary/aromatic N) is 2. The average molecular weight is 385 g/mol. The minimum atomic E-state index is -0.486. The standard InChI is InChI=1S/C21H24FN3O3/c1-28-21(27)18-5-2-3-6-19(18)23-20(26)15-24-11-4-12-25(14-13-24)17-9-7-16(22)8-10-17/h2-3,5-10H,4,11-15H2,1H3,(H,23,26). The van der Waals surface area contributed by atoms with E-state index in [2.05, 4.69) is 15.1 Å². The van der Waals surface area contributed by atoms with Crippen molar-refractivity contribution in [2.45, 2.75) is 6.42 Å². The van der Waals surface area contributed by atoms with Gasteiger partial charge in [-0.2, -0.15) is 0 Å². The largest absolute Gasteiger partial charge is 0.465 e. The van der Waals surface area contributed by atoms with Crippen LogP contribution in [-0.2, 0) is 9.53 Å². The molecule has 1 heterocycles. The van der Waals surface area contributed by atoms with Gasteiger partial charge in [-0.05, 0) is 42.8 Å². The van der Waals surface area contributed by atoms with Gasteiger partial charge in [0.05, 0.1) is 24.9 Å². The van der Waals surface area contributed by atoms with Crippen molar-refractivity contribution in [1.29, 1.82) is 0 Å². The highest BCUT2D eigenvalue weighted by atomic mass is 19.1. The van der Waals surface area contributed by atoms with Crippen molar-refractivity contribution in [1.82, 2.24) is 4.90 Å². The molecule has 0 spiro atoms. The highest BCUT2D eigenvalue weighted by molar-refractivity contribution is 6.01. The van der Waals surface area contributed by atoms with Gasteiger partial charge in [-0.3, -0.25) is 9.69 Å². The minimum absolute atomic E-state index is 0.174. The first kappa shape index (κ1) is 19.8. The van der Waals surface area contributed by atoms with E-state index in [0.717, 1.165) is 38.3 Å². The number of ether oxygens (including phenoxy) is 1. The van der Waals surface area contributed by atoms with Crippen LogP contribution < -0.4 is 10.2 Å². The molecular weight excluding hydrogens is 361 g/mol. The summed E-state index contributed by atoms with van der Waals surface area (Å²) in [5.74, 6) is -0.906. The summed E-state index contributed by atoms with van der Waals surface area (Å²) < 4.78 is 17.9. The van der Waals surface area contributed by atoms with E-state index in [4.69, 9.17) is 4.74 Å². The number of rotatable bonds is 5. The van der Waals surface area contributed by atoms with Gasteiger partial charge in [0.15, 0.2) is 0 Å². The smallest absolute Gasteiger partial charge is 0.339 e. The van der Waals surface area contributed by atoms with Crippen LogP contribution in [0.15, 0.2) is 48.5 Å². The Labute approximate surface area is 163 Å². The zero-order chi connectivity index (χ0) is 19.9. The molecule has 2 aromatic rings. The molecule has 0 saturated carbocycles. The summed E-state index contributed by atoms with van der Waals surface area (Å²) in [6.07, 6.45) is 0.906. The number of para-hydroxylation sites is 1. The van der Waals surface area contributed by atoms with Crippen LogP contribution in [0.25, 0.3) is 0 Å². The number of nitrogens with one attached hydrogen (secondary N) is 1. The number of halogens is 1. The summed E-state index contributed by atoms with van der Waals surface area (Å²) in [5.41, 5.74) is 1.76. The molecule has 1 saturated heterocycles. The molecule has 0 unspecified atom stereocenters. The number of benzene rings is 2. The monoisotopic (exact) mass is 385 g/mol. The number of carbonyl (C=O) groups excluding carboxylic acids is 2. The van der Waals surface area contributed by atoms with Crippen LogP contribution in [0.2, 0.25) is 0 Å².